The first-order valence-electron chi connectivity index (χ1n) is 10.4. The molecule has 1 aromatic heterocycles. The van der Waals surface area contributed by atoms with Crippen molar-refractivity contribution in [1.82, 2.24) is 15.0 Å². The Morgan fingerprint density at radius 3 is 0.905 bits per heavy atom. The molecule has 204 valence electrons. The van der Waals surface area contributed by atoms with E-state index in [4.69, 9.17) is 0 Å². The van der Waals surface area contributed by atoms with Crippen LogP contribution in [0.15, 0.2) is 87.5 Å². The van der Waals surface area contributed by atoms with E-state index in [1.165, 1.54) is 36.4 Å². The fourth-order valence-electron chi connectivity index (χ4n) is 3.12. The maximum atomic E-state index is 11.4. The Kier molecular flexibility index (Phi) is 16.5. The van der Waals surface area contributed by atoms with Gasteiger partial charge in [-0.2, -0.15) is 15.0 Å². The fraction of sp³-hybridized carbons (Fsp3) is 0. The predicted octanol–water partition coefficient (Wildman–Crippen LogP) is -7.17. The van der Waals surface area contributed by atoms with Gasteiger partial charge in [0.2, 0.25) is 17.8 Å². The minimum Gasteiger partial charge on any atom is -0.744 e. The summed E-state index contributed by atoms with van der Waals surface area (Å²) in [5.41, 5.74) is 0.316. The Hall–Kier alpha value is 0.709. The molecular weight excluding hydrogens is 694 g/mol. The topological polar surface area (TPSA) is 246 Å². The molecule has 15 nitrogen and oxygen atoms in total. The summed E-state index contributed by atoms with van der Waals surface area (Å²) in [4.78, 5) is 10.8. The van der Waals surface area contributed by atoms with Gasteiger partial charge in [-0.1, -0.05) is 18.2 Å². The fourth-order valence-corrected chi connectivity index (χ4v) is 4.67. The van der Waals surface area contributed by atoms with Gasteiger partial charge < -0.3 is 29.6 Å². The Balaban J connectivity index is 0.00000294. The summed E-state index contributed by atoms with van der Waals surface area (Å²) in [7, 11) is -14.3. The summed E-state index contributed by atoms with van der Waals surface area (Å²) in [6.07, 6.45) is 0. The molecule has 3 N–H and O–H groups in total. The maximum absolute atomic E-state index is 11.4. The van der Waals surface area contributed by atoms with E-state index in [1.807, 2.05) is 0 Å². The summed E-state index contributed by atoms with van der Waals surface area (Å²) in [5.74, 6) is -0.595. The molecule has 0 saturated heterocycles. The Labute approximate surface area is 369 Å². The number of nitrogens with zero attached hydrogens (tertiary/aromatic N) is 3. The first-order chi connectivity index (χ1) is 18.2. The molecule has 0 radical (unpaired) electrons. The van der Waals surface area contributed by atoms with Crippen LogP contribution in [0.3, 0.4) is 0 Å². The van der Waals surface area contributed by atoms with Crippen LogP contribution in [0.25, 0.3) is 0 Å². The molecule has 42 heavy (non-hydrogen) atoms. The van der Waals surface area contributed by atoms with Crippen molar-refractivity contribution in [2.24, 2.45) is 0 Å². The smallest absolute Gasteiger partial charge is 0.744 e. The van der Waals surface area contributed by atoms with Crippen LogP contribution in [-0.2, 0) is 30.4 Å². The molecule has 0 aliphatic carbocycles. The number of benzene rings is 3. The van der Waals surface area contributed by atoms with Crippen molar-refractivity contribution in [3.05, 3.63) is 72.8 Å². The number of aromatic nitrogens is 3. The summed E-state index contributed by atoms with van der Waals surface area (Å²) in [6.45, 7) is 0. The number of hydrogen-bond donors (Lipinski definition) is 3. The second-order valence-corrected chi connectivity index (χ2v) is 11.8. The van der Waals surface area contributed by atoms with Crippen molar-refractivity contribution in [3.8, 4) is 0 Å². The second kappa shape index (κ2) is 17.0. The second-order valence-electron chi connectivity index (χ2n) is 7.63. The van der Waals surface area contributed by atoms with E-state index >= 15 is 0 Å². The minimum atomic E-state index is -4.76. The van der Waals surface area contributed by atoms with E-state index in [0.29, 0.717) is 0 Å². The molecule has 3 aromatic carbocycles. The first kappa shape index (κ1) is 40.7. The van der Waals surface area contributed by atoms with E-state index in [0.717, 1.165) is 36.4 Å². The van der Waals surface area contributed by atoms with Gasteiger partial charge in [-0.25, -0.2) is 25.3 Å². The normalized spacial score (nSPS) is 11.2. The molecule has 1 heterocycles. The van der Waals surface area contributed by atoms with E-state index in [1.54, 1.807) is 0 Å². The van der Waals surface area contributed by atoms with Crippen LogP contribution < -0.4 is 170 Å². The van der Waals surface area contributed by atoms with Gasteiger partial charge >= 0.3 is 154 Å². The molecule has 21 heteroatoms. The van der Waals surface area contributed by atoms with Gasteiger partial charge in [0.25, 0.3) is 0 Å². The number of hydrogen-bond acceptors (Lipinski definition) is 15. The molecule has 4 aromatic rings. The van der Waals surface area contributed by atoms with Gasteiger partial charge in [0.15, 0.2) is 0 Å². The molecule has 0 aliphatic heterocycles. The Morgan fingerprint density at radius 2 is 0.690 bits per heavy atom. The van der Waals surface area contributed by atoms with Crippen LogP contribution in [0.4, 0.5) is 34.9 Å². The minimum absolute atomic E-state index is 0. The van der Waals surface area contributed by atoms with Gasteiger partial charge in [-0.05, 0) is 54.6 Å². The van der Waals surface area contributed by atoms with Gasteiger partial charge in [0.1, 0.15) is 30.4 Å². The van der Waals surface area contributed by atoms with E-state index in [2.05, 4.69) is 30.9 Å². The van der Waals surface area contributed by atoms with Crippen molar-refractivity contribution in [1.29, 1.82) is 0 Å². The van der Waals surface area contributed by atoms with Crippen LogP contribution >= 0.6 is 0 Å². The largest absolute Gasteiger partial charge is 1.00 e. The third-order valence-corrected chi connectivity index (χ3v) is 7.27. The quantitative estimate of drug-likeness (QED) is 0.108. The average Bonchev–Trinajstić information content (AvgIpc) is 2.83. The molecular formula is C21H15K3N6O9S3. The summed E-state index contributed by atoms with van der Waals surface area (Å²) >= 11 is 0. The molecule has 4 rings (SSSR count). The summed E-state index contributed by atoms with van der Waals surface area (Å²) < 4.78 is 102. The van der Waals surface area contributed by atoms with Gasteiger partial charge in [-0.15, -0.1) is 0 Å². The molecule has 0 spiro atoms. The number of nitrogens with one attached hydrogen (secondary N) is 3. The van der Waals surface area contributed by atoms with Crippen molar-refractivity contribution < 1.29 is 193 Å². The summed E-state index contributed by atoms with van der Waals surface area (Å²) in [5, 5.41) is 8.11. The molecule has 0 atom stereocenters. The first-order valence-corrected chi connectivity index (χ1v) is 14.6. The predicted molar refractivity (Wildman–Crippen MR) is 133 cm³/mol. The zero-order valence-electron chi connectivity index (χ0n) is 22.2. The van der Waals surface area contributed by atoms with E-state index in [9.17, 15) is 38.9 Å². The van der Waals surface area contributed by atoms with Gasteiger partial charge in [0, 0.05) is 17.1 Å². The number of rotatable bonds is 9. The standard InChI is InChI=1S/C21H18N6O9S3.3K/c28-37(29,30)16-7-1-4-13(10-16)22-19-25-20(23-14-5-2-8-17(11-14)38(31,32)33)27-21(26-19)24-15-6-3-9-18(12-15)39(34,35)36;;;/h1-12H,(H,28,29,30)(H,31,32,33)(H,34,35,36)(H3,22,23,24,25,26,27);;;/q;3*+1/p-3. The zero-order chi connectivity index (χ0) is 28.4. The van der Waals surface area contributed by atoms with Crippen LogP contribution in [0, 0.1) is 0 Å². The molecule has 0 bridgehead atoms. The number of anilines is 6. The van der Waals surface area contributed by atoms with Crippen molar-refractivity contribution in [3.63, 3.8) is 0 Å². The average molecular weight is 709 g/mol. The van der Waals surface area contributed by atoms with Crippen molar-refractivity contribution in [2.45, 2.75) is 14.7 Å². The monoisotopic (exact) mass is 708 g/mol. The maximum Gasteiger partial charge on any atom is 1.00 e. The molecule has 0 unspecified atom stereocenters. The van der Waals surface area contributed by atoms with Gasteiger partial charge in [-0.3, -0.25) is 0 Å². The van der Waals surface area contributed by atoms with Crippen molar-refractivity contribution >= 4 is 65.3 Å². The third kappa shape index (κ3) is 12.1. The van der Waals surface area contributed by atoms with Crippen LogP contribution in [0.2, 0.25) is 0 Å². The Bertz CT molecular complexity index is 1670. The Morgan fingerprint density at radius 1 is 0.452 bits per heavy atom. The van der Waals surface area contributed by atoms with E-state index in [-0.39, 0.29) is 189 Å². The van der Waals surface area contributed by atoms with Gasteiger partial charge in [0.05, 0.1) is 14.7 Å². The molecule has 0 fully saturated rings. The molecule has 0 aliphatic rings. The summed E-state index contributed by atoms with van der Waals surface area (Å²) in [6, 6.07) is 14.6. The molecule has 0 amide bonds. The SMILES string of the molecule is O=S(=O)([O-])c1cccc(Nc2nc(Nc3cccc(S(=O)(=O)[O-])c3)nc(Nc3cccc(S(=O)(=O)[O-])c3)n2)c1.[K+].[K+].[K+]. The van der Waals surface area contributed by atoms with Crippen LogP contribution in [0.5, 0.6) is 0 Å². The third-order valence-electron chi connectivity index (χ3n) is 4.77. The van der Waals surface area contributed by atoms with Crippen molar-refractivity contribution in [2.75, 3.05) is 16.0 Å². The molecule has 0 saturated carbocycles. The van der Waals surface area contributed by atoms with Crippen LogP contribution in [-0.4, -0.2) is 53.9 Å². The van der Waals surface area contributed by atoms with Crippen LogP contribution in [0.1, 0.15) is 0 Å². The zero-order valence-corrected chi connectivity index (χ0v) is 34.0. The van der Waals surface area contributed by atoms with E-state index < -0.39 is 45.0 Å².